The van der Waals surface area contributed by atoms with Gasteiger partial charge in [0.25, 0.3) is 5.91 Å². The molecule has 0 unspecified atom stereocenters. The first kappa shape index (κ1) is 13.3. The summed E-state index contributed by atoms with van der Waals surface area (Å²) in [5, 5.41) is 8.10. The Morgan fingerprint density at radius 3 is 2.52 bits per heavy atom. The van der Waals surface area contributed by atoms with Gasteiger partial charge in [-0.1, -0.05) is 12.1 Å². The third-order valence-electron chi connectivity index (χ3n) is 3.68. The Morgan fingerprint density at radius 2 is 1.90 bits per heavy atom. The maximum absolute atomic E-state index is 11.9. The Hall–Kier alpha value is -2.70. The first-order chi connectivity index (χ1) is 10.0. The lowest BCUT2D eigenvalue weighted by atomic mass is 9.92. The van der Waals surface area contributed by atoms with Crippen molar-refractivity contribution in [2.75, 3.05) is 14.2 Å². The molecule has 0 aliphatic carbocycles. The number of nitrogens with one attached hydrogen (secondary N) is 1. The molecule has 2 aliphatic heterocycles. The van der Waals surface area contributed by atoms with E-state index in [-0.39, 0.29) is 11.8 Å². The van der Waals surface area contributed by atoms with Crippen molar-refractivity contribution in [2.24, 2.45) is 11.0 Å². The Balaban J connectivity index is 1.94. The number of hydrazone groups is 1. The number of imide groups is 1. The molecule has 108 valence electrons. The lowest BCUT2D eigenvalue weighted by Gasteiger charge is -2.13. The number of carbonyl (C=O) groups excluding carboxylic acids is 3. The van der Waals surface area contributed by atoms with Crippen molar-refractivity contribution in [3.8, 4) is 0 Å². The van der Waals surface area contributed by atoms with E-state index in [1.807, 2.05) is 0 Å². The van der Waals surface area contributed by atoms with Gasteiger partial charge in [0.2, 0.25) is 5.91 Å². The molecule has 7 nitrogen and oxygen atoms in total. The number of methoxy groups -OCH3 is 1. The summed E-state index contributed by atoms with van der Waals surface area (Å²) >= 11 is 0. The van der Waals surface area contributed by atoms with E-state index < -0.39 is 17.9 Å². The first-order valence-electron chi connectivity index (χ1n) is 6.37. The van der Waals surface area contributed by atoms with E-state index in [9.17, 15) is 14.4 Å². The van der Waals surface area contributed by atoms with Crippen LogP contribution in [0.1, 0.15) is 15.9 Å². The molecule has 2 heterocycles. The van der Waals surface area contributed by atoms with E-state index in [1.165, 1.54) is 12.1 Å². The molecule has 7 heteroatoms. The first-order valence-corrected chi connectivity index (χ1v) is 6.37. The van der Waals surface area contributed by atoms with Crippen LogP contribution in [0.5, 0.6) is 0 Å². The van der Waals surface area contributed by atoms with Gasteiger partial charge in [-0.05, 0) is 17.7 Å². The third-order valence-corrected chi connectivity index (χ3v) is 3.68. The summed E-state index contributed by atoms with van der Waals surface area (Å²) in [6, 6.07) is 6.00. The number of carbonyl (C=O) groups is 3. The highest BCUT2D eigenvalue weighted by Crippen LogP contribution is 2.29. The van der Waals surface area contributed by atoms with Crippen molar-refractivity contribution in [3.05, 3.63) is 35.4 Å². The van der Waals surface area contributed by atoms with E-state index in [0.29, 0.717) is 16.8 Å². The molecule has 1 saturated heterocycles. The normalized spacial score (nSPS) is 23.7. The summed E-state index contributed by atoms with van der Waals surface area (Å²) in [6.45, 7) is 0. The second-order valence-corrected chi connectivity index (χ2v) is 4.90. The van der Waals surface area contributed by atoms with E-state index in [4.69, 9.17) is 0 Å². The topological polar surface area (TPSA) is 88.1 Å². The van der Waals surface area contributed by atoms with E-state index in [1.54, 1.807) is 31.3 Å². The summed E-state index contributed by atoms with van der Waals surface area (Å²) in [4.78, 5) is 35.0. The van der Waals surface area contributed by atoms with Crippen molar-refractivity contribution in [3.63, 3.8) is 0 Å². The average molecular weight is 287 g/mol. The second kappa shape index (κ2) is 4.69. The molecule has 0 saturated carbocycles. The number of hydrogen-bond donors (Lipinski definition) is 1. The van der Waals surface area contributed by atoms with Gasteiger partial charge in [-0.3, -0.25) is 19.9 Å². The Kier molecular flexibility index (Phi) is 2.97. The Bertz CT molecular complexity index is 665. The number of esters is 1. The number of likely N-dealkylation sites (N-methyl/N-ethyl adjacent to an activating group) is 1. The molecule has 0 spiro atoms. The predicted octanol–water partition coefficient (Wildman–Crippen LogP) is -0.236. The molecule has 21 heavy (non-hydrogen) atoms. The number of benzene rings is 1. The highest BCUT2D eigenvalue weighted by molar-refractivity contribution is 6.23. The molecule has 0 aromatic heterocycles. The Morgan fingerprint density at radius 1 is 1.24 bits per heavy atom. The van der Waals surface area contributed by atoms with Crippen molar-refractivity contribution in [1.29, 1.82) is 0 Å². The summed E-state index contributed by atoms with van der Waals surface area (Å²) in [6.07, 6.45) is 0. The van der Waals surface area contributed by atoms with Crippen LogP contribution in [-0.4, -0.2) is 48.7 Å². The molecular formula is C14H13N3O4. The number of nitrogens with zero attached hydrogens (tertiary/aromatic N) is 2. The van der Waals surface area contributed by atoms with Gasteiger partial charge in [-0.25, -0.2) is 4.79 Å². The molecule has 2 aliphatic rings. The zero-order valence-corrected chi connectivity index (χ0v) is 11.5. The largest absolute Gasteiger partial charge is 0.465 e. The van der Waals surface area contributed by atoms with Crippen LogP contribution in [0.25, 0.3) is 0 Å². The van der Waals surface area contributed by atoms with Crippen LogP contribution in [0, 0.1) is 5.92 Å². The predicted molar refractivity (Wildman–Crippen MR) is 72.5 cm³/mol. The molecule has 3 rings (SSSR count). The van der Waals surface area contributed by atoms with Gasteiger partial charge in [0.15, 0.2) is 0 Å². The molecule has 1 aromatic rings. The molecule has 1 aromatic carbocycles. The van der Waals surface area contributed by atoms with Gasteiger partial charge < -0.3 is 4.74 Å². The van der Waals surface area contributed by atoms with Crippen LogP contribution in [-0.2, 0) is 14.3 Å². The van der Waals surface area contributed by atoms with Crippen LogP contribution in [0.3, 0.4) is 0 Å². The maximum atomic E-state index is 11.9. The third kappa shape index (κ3) is 1.97. The summed E-state index contributed by atoms with van der Waals surface area (Å²) in [7, 11) is 2.97. The summed E-state index contributed by atoms with van der Waals surface area (Å²) in [5.74, 6) is -1.72. The SMILES string of the molecule is COC(=O)c1ccc(C2=NN(C)[C@@H]3C(=O)NC(=O)[C@@H]23)cc1. The number of amides is 2. The van der Waals surface area contributed by atoms with E-state index in [0.717, 1.165) is 0 Å². The molecule has 1 N–H and O–H groups in total. The van der Waals surface area contributed by atoms with Crippen molar-refractivity contribution in [1.82, 2.24) is 10.3 Å². The van der Waals surface area contributed by atoms with Gasteiger partial charge >= 0.3 is 5.97 Å². The Labute approximate surface area is 120 Å². The molecular weight excluding hydrogens is 274 g/mol. The summed E-state index contributed by atoms with van der Waals surface area (Å²) in [5.41, 5.74) is 1.64. The number of hydrogen-bond acceptors (Lipinski definition) is 6. The molecule has 0 bridgehead atoms. The van der Waals surface area contributed by atoms with Crippen LogP contribution in [0.15, 0.2) is 29.4 Å². The van der Waals surface area contributed by atoms with Crippen LogP contribution in [0.4, 0.5) is 0 Å². The quantitative estimate of drug-likeness (QED) is 0.599. The smallest absolute Gasteiger partial charge is 0.337 e. The second-order valence-electron chi connectivity index (χ2n) is 4.90. The van der Waals surface area contributed by atoms with Crippen LogP contribution in [0.2, 0.25) is 0 Å². The van der Waals surface area contributed by atoms with Crippen molar-refractivity contribution < 1.29 is 19.1 Å². The fraction of sp³-hybridized carbons (Fsp3) is 0.286. The lowest BCUT2D eigenvalue weighted by Crippen LogP contribution is -2.35. The zero-order chi connectivity index (χ0) is 15.1. The van der Waals surface area contributed by atoms with Gasteiger partial charge in [0.1, 0.15) is 12.0 Å². The number of fused-ring (bicyclic) bond motifs is 1. The zero-order valence-electron chi connectivity index (χ0n) is 11.5. The number of ether oxygens (including phenoxy) is 1. The maximum Gasteiger partial charge on any atom is 0.337 e. The lowest BCUT2D eigenvalue weighted by molar-refractivity contribution is -0.126. The fourth-order valence-corrected chi connectivity index (χ4v) is 2.65. The van der Waals surface area contributed by atoms with Crippen molar-refractivity contribution >= 4 is 23.5 Å². The minimum Gasteiger partial charge on any atom is -0.465 e. The van der Waals surface area contributed by atoms with E-state index in [2.05, 4.69) is 15.2 Å². The monoisotopic (exact) mass is 287 g/mol. The summed E-state index contributed by atoms with van der Waals surface area (Å²) < 4.78 is 4.63. The van der Waals surface area contributed by atoms with E-state index >= 15 is 0 Å². The standard InChI is InChI=1S/C14H13N3O4/c1-17-11-9(12(18)15-13(11)19)10(16-17)7-3-5-8(6-4-7)14(20)21-2/h3-6,9,11H,1-2H3,(H,15,18,19)/t9-,11-/m0/s1. The van der Waals surface area contributed by atoms with Gasteiger partial charge in [0, 0.05) is 7.05 Å². The fourth-order valence-electron chi connectivity index (χ4n) is 2.65. The number of rotatable bonds is 2. The molecule has 0 radical (unpaired) electrons. The molecule has 2 atom stereocenters. The van der Waals surface area contributed by atoms with Gasteiger partial charge in [-0.15, -0.1) is 0 Å². The minimum absolute atomic E-state index is 0.336. The van der Waals surface area contributed by atoms with Crippen LogP contribution < -0.4 is 5.32 Å². The van der Waals surface area contributed by atoms with Crippen molar-refractivity contribution in [2.45, 2.75) is 6.04 Å². The van der Waals surface area contributed by atoms with Gasteiger partial charge in [-0.2, -0.15) is 5.10 Å². The highest BCUT2D eigenvalue weighted by Gasteiger charge is 2.51. The minimum atomic E-state index is -0.605. The van der Waals surface area contributed by atoms with Gasteiger partial charge in [0.05, 0.1) is 18.4 Å². The highest BCUT2D eigenvalue weighted by atomic mass is 16.5. The molecule has 2 amide bonds. The molecule has 1 fully saturated rings. The average Bonchev–Trinajstić information content (AvgIpc) is 2.98. The van der Waals surface area contributed by atoms with Crippen LogP contribution >= 0.6 is 0 Å².